The van der Waals surface area contributed by atoms with E-state index in [1.807, 2.05) is 0 Å². The van der Waals surface area contributed by atoms with E-state index in [4.69, 9.17) is 28.9 Å². The summed E-state index contributed by atoms with van der Waals surface area (Å²) in [6.07, 6.45) is 10.6. The fourth-order valence-electron chi connectivity index (χ4n) is 3.53. The van der Waals surface area contributed by atoms with Crippen LogP contribution in [0.15, 0.2) is 58.8 Å². The third-order valence-electron chi connectivity index (χ3n) is 5.00. The number of hydrogen-bond donors (Lipinski definition) is 2. The van der Waals surface area contributed by atoms with Crippen LogP contribution in [-0.4, -0.2) is 20.6 Å². The first-order chi connectivity index (χ1) is 13.6. The summed E-state index contributed by atoms with van der Waals surface area (Å²) in [5.41, 5.74) is 6.38. The fraction of sp³-hybridized carbons (Fsp3) is 0.381. The first kappa shape index (κ1) is 23.5. The van der Waals surface area contributed by atoms with Gasteiger partial charge in [-0.05, 0) is 42.2 Å². The van der Waals surface area contributed by atoms with Gasteiger partial charge in [0.1, 0.15) is 0 Å². The van der Waals surface area contributed by atoms with Gasteiger partial charge in [-0.2, -0.15) is 0 Å². The van der Waals surface area contributed by atoms with Crippen LogP contribution in [-0.2, 0) is 14.6 Å². The summed E-state index contributed by atoms with van der Waals surface area (Å²) in [6.45, 7) is 3.82. The molecule has 1 aromatic rings. The Morgan fingerprint density at radius 2 is 2.00 bits per heavy atom. The number of sulfone groups is 1. The number of carbonyl (C=O) groups is 1. The van der Waals surface area contributed by atoms with E-state index in [-0.39, 0.29) is 15.8 Å². The minimum Gasteiger partial charge on any atom is -0.403 e. The smallest absolute Gasteiger partial charge is 0.231 e. The molecule has 2 rings (SSSR count). The second-order valence-electron chi connectivity index (χ2n) is 7.30. The Bertz CT molecular complexity index is 933. The van der Waals surface area contributed by atoms with E-state index in [9.17, 15) is 13.2 Å². The lowest BCUT2D eigenvalue weighted by atomic mass is 9.87. The fourth-order valence-corrected chi connectivity index (χ4v) is 4.93. The van der Waals surface area contributed by atoms with Crippen molar-refractivity contribution in [2.45, 2.75) is 42.9 Å². The number of rotatable bonds is 8. The number of nitrogens with one attached hydrogen (secondary N) is 1. The molecule has 29 heavy (non-hydrogen) atoms. The normalized spacial score (nSPS) is 16.9. The first-order valence-corrected chi connectivity index (χ1v) is 12.0. The molecule has 0 saturated heterocycles. The zero-order valence-electron chi connectivity index (χ0n) is 16.3. The predicted molar refractivity (Wildman–Crippen MR) is 118 cm³/mol. The number of halogens is 2. The molecule has 5 nitrogen and oxygen atoms in total. The molecule has 1 amide bonds. The van der Waals surface area contributed by atoms with Gasteiger partial charge in [-0.1, -0.05) is 61.5 Å². The molecule has 0 aliphatic heterocycles. The molecule has 0 spiro atoms. The number of hydrogen-bond acceptors (Lipinski definition) is 4. The number of allylic oxidation sites excluding steroid dienone is 3. The molecular formula is C21H26Cl2N2O3S. The Hall–Kier alpha value is -1.76. The van der Waals surface area contributed by atoms with Crippen molar-refractivity contribution in [3.63, 3.8) is 0 Å². The highest BCUT2D eigenvalue weighted by Crippen LogP contribution is 2.36. The molecule has 0 radical (unpaired) electrons. The summed E-state index contributed by atoms with van der Waals surface area (Å²) in [7, 11) is -3.44. The third kappa shape index (κ3) is 6.91. The molecule has 1 aliphatic carbocycles. The van der Waals surface area contributed by atoms with Crippen molar-refractivity contribution >= 4 is 38.9 Å². The SMILES string of the molecule is C=C(/C=C\C(Cl)=C/N)NC(=O)C(CC1CCCC1)c1ccc(S(C)(=O)=O)c(Cl)c1. The maximum absolute atomic E-state index is 13.0. The van der Waals surface area contributed by atoms with Gasteiger partial charge in [-0.3, -0.25) is 4.79 Å². The Morgan fingerprint density at radius 1 is 1.34 bits per heavy atom. The molecular weight excluding hydrogens is 431 g/mol. The molecule has 0 aromatic heterocycles. The molecule has 1 aromatic carbocycles. The minimum absolute atomic E-state index is 0.0542. The van der Waals surface area contributed by atoms with Crippen LogP contribution in [0.3, 0.4) is 0 Å². The van der Waals surface area contributed by atoms with Crippen LogP contribution in [0.5, 0.6) is 0 Å². The summed E-state index contributed by atoms with van der Waals surface area (Å²) in [6, 6.07) is 4.69. The molecule has 1 unspecified atom stereocenters. The lowest BCUT2D eigenvalue weighted by molar-refractivity contribution is -0.122. The van der Waals surface area contributed by atoms with Crippen molar-refractivity contribution in [1.29, 1.82) is 0 Å². The van der Waals surface area contributed by atoms with Crippen LogP contribution in [0.4, 0.5) is 0 Å². The minimum atomic E-state index is -3.44. The van der Waals surface area contributed by atoms with Gasteiger partial charge in [0.15, 0.2) is 9.84 Å². The summed E-state index contributed by atoms with van der Waals surface area (Å²) in [5.74, 6) is -0.241. The Labute approximate surface area is 182 Å². The van der Waals surface area contributed by atoms with Gasteiger partial charge in [0.25, 0.3) is 0 Å². The van der Waals surface area contributed by atoms with Gasteiger partial charge >= 0.3 is 0 Å². The lowest BCUT2D eigenvalue weighted by Crippen LogP contribution is -2.29. The Kier molecular flexibility index (Phi) is 8.37. The molecule has 3 N–H and O–H groups in total. The summed E-state index contributed by atoms with van der Waals surface area (Å²) in [4.78, 5) is 13.1. The van der Waals surface area contributed by atoms with Gasteiger partial charge in [0, 0.05) is 18.2 Å². The van der Waals surface area contributed by atoms with E-state index >= 15 is 0 Å². The second-order valence-corrected chi connectivity index (χ2v) is 10.1. The van der Waals surface area contributed by atoms with Crippen molar-refractivity contribution in [1.82, 2.24) is 5.32 Å². The standard InChI is InChI=1S/C21H26Cl2N2O3S/c1-14(7-9-17(22)13-24)25-21(26)18(11-15-5-3-4-6-15)16-8-10-20(19(23)12-16)29(2,27)28/h7-10,12-13,15,18H,1,3-6,11,24H2,2H3,(H,25,26)/b9-7-,17-13+. The van der Waals surface area contributed by atoms with Crippen molar-refractivity contribution in [3.8, 4) is 0 Å². The van der Waals surface area contributed by atoms with Crippen LogP contribution < -0.4 is 11.1 Å². The van der Waals surface area contributed by atoms with Crippen molar-refractivity contribution < 1.29 is 13.2 Å². The number of benzene rings is 1. The average Bonchev–Trinajstić information content (AvgIpc) is 3.16. The molecule has 1 aliphatic rings. The van der Waals surface area contributed by atoms with Crippen LogP contribution in [0.1, 0.15) is 43.6 Å². The van der Waals surface area contributed by atoms with Gasteiger partial charge in [-0.15, -0.1) is 0 Å². The summed E-state index contributed by atoms with van der Waals surface area (Å²) in [5, 5.41) is 3.23. The topological polar surface area (TPSA) is 89.3 Å². The molecule has 158 valence electrons. The van der Waals surface area contributed by atoms with Crippen molar-refractivity contribution in [3.05, 3.63) is 64.4 Å². The van der Waals surface area contributed by atoms with E-state index in [1.54, 1.807) is 18.2 Å². The van der Waals surface area contributed by atoms with Crippen molar-refractivity contribution in [2.24, 2.45) is 11.7 Å². The van der Waals surface area contributed by atoms with Crippen LogP contribution in [0.2, 0.25) is 5.02 Å². The molecule has 1 atom stereocenters. The summed E-state index contributed by atoms with van der Waals surface area (Å²) >= 11 is 12.0. The van der Waals surface area contributed by atoms with Crippen LogP contribution >= 0.6 is 23.2 Å². The number of nitrogens with two attached hydrogens (primary N) is 1. The van der Waals surface area contributed by atoms with E-state index in [2.05, 4.69) is 11.9 Å². The predicted octanol–water partition coefficient (Wildman–Crippen LogP) is 4.63. The maximum atomic E-state index is 13.0. The highest BCUT2D eigenvalue weighted by molar-refractivity contribution is 7.90. The van der Waals surface area contributed by atoms with Gasteiger partial charge in [-0.25, -0.2) is 8.42 Å². The van der Waals surface area contributed by atoms with E-state index in [0.717, 1.165) is 31.9 Å². The highest BCUT2D eigenvalue weighted by Gasteiger charge is 2.28. The Morgan fingerprint density at radius 3 is 2.55 bits per heavy atom. The first-order valence-electron chi connectivity index (χ1n) is 9.36. The zero-order valence-corrected chi connectivity index (χ0v) is 18.7. The van der Waals surface area contributed by atoms with Crippen LogP contribution in [0.25, 0.3) is 0 Å². The lowest BCUT2D eigenvalue weighted by Gasteiger charge is -2.21. The van der Waals surface area contributed by atoms with Crippen LogP contribution in [0, 0.1) is 5.92 Å². The monoisotopic (exact) mass is 456 g/mol. The molecule has 1 fully saturated rings. The zero-order chi connectivity index (χ0) is 21.6. The Balaban J connectivity index is 2.27. The maximum Gasteiger partial charge on any atom is 0.231 e. The molecule has 8 heteroatoms. The largest absolute Gasteiger partial charge is 0.403 e. The quantitative estimate of drug-likeness (QED) is 0.557. The number of carbonyl (C=O) groups excluding carboxylic acids is 1. The average molecular weight is 457 g/mol. The number of amides is 1. The highest BCUT2D eigenvalue weighted by atomic mass is 35.5. The second kappa shape index (κ2) is 10.3. The van der Waals surface area contributed by atoms with E-state index < -0.39 is 15.8 Å². The van der Waals surface area contributed by atoms with Gasteiger partial charge in [0.05, 0.1) is 20.9 Å². The molecule has 0 bridgehead atoms. The summed E-state index contributed by atoms with van der Waals surface area (Å²) < 4.78 is 23.7. The van der Waals surface area contributed by atoms with E-state index in [1.165, 1.54) is 18.3 Å². The van der Waals surface area contributed by atoms with Gasteiger partial charge < -0.3 is 11.1 Å². The third-order valence-corrected chi connectivity index (χ3v) is 6.84. The van der Waals surface area contributed by atoms with Gasteiger partial charge in [0.2, 0.25) is 5.91 Å². The van der Waals surface area contributed by atoms with Crippen molar-refractivity contribution in [2.75, 3.05) is 6.26 Å². The molecule has 1 saturated carbocycles. The molecule has 0 heterocycles. The van der Waals surface area contributed by atoms with E-state index in [0.29, 0.717) is 28.6 Å².